The Kier molecular flexibility index (Phi) is 9.56. The van der Waals surface area contributed by atoms with Crippen LogP contribution >= 0.6 is 0 Å². The van der Waals surface area contributed by atoms with Gasteiger partial charge < -0.3 is 25.0 Å². The van der Waals surface area contributed by atoms with E-state index in [1.54, 1.807) is 59.5 Å². The zero-order valence-corrected chi connectivity index (χ0v) is 20.0. The van der Waals surface area contributed by atoms with E-state index in [1.165, 1.54) is 7.11 Å². The molecule has 1 heterocycles. The zero-order valence-electron chi connectivity index (χ0n) is 20.0. The Balaban J connectivity index is 1.40. The van der Waals surface area contributed by atoms with Gasteiger partial charge in [-0.3, -0.25) is 24.0 Å². The molecule has 0 bridgehead atoms. The van der Waals surface area contributed by atoms with E-state index in [1.807, 2.05) is 0 Å². The molecule has 2 N–H and O–H groups in total. The van der Waals surface area contributed by atoms with Gasteiger partial charge in [-0.1, -0.05) is 30.3 Å². The molecule has 1 aliphatic heterocycles. The first kappa shape index (κ1) is 26.4. The van der Waals surface area contributed by atoms with Crippen LogP contribution in [0.5, 0.6) is 0 Å². The molecule has 0 unspecified atom stereocenters. The smallest absolute Gasteiger partial charge is 0.325 e. The Hall–Kier alpha value is -4.21. The molecule has 3 rings (SSSR count). The summed E-state index contributed by atoms with van der Waals surface area (Å²) in [4.78, 5) is 62.2. The standard InChI is InChI=1S/C26H29N3O7/c1-35-26(34)20-10-12-29(13-11-20)22(30)15-27-25(33)21-9-5-6-18(14-21)17-36-23(31)16-28-24(32)19-7-3-2-4-8-19/h2-9,14,20H,10-13,15-17H2,1H3,(H,27,33)(H,28,32). The number of nitrogens with one attached hydrogen (secondary N) is 2. The van der Waals surface area contributed by atoms with Crippen LogP contribution in [-0.4, -0.2) is 67.8 Å². The number of likely N-dealkylation sites (tertiary alicyclic amines) is 1. The molecule has 0 atom stereocenters. The van der Waals surface area contributed by atoms with Crippen LogP contribution in [-0.2, 0) is 30.5 Å². The summed E-state index contributed by atoms with van der Waals surface area (Å²) in [5, 5.41) is 5.10. The first-order valence-corrected chi connectivity index (χ1v) is 11.6. The number of carbonyl (C=O) groups excluding carboxylic acids is 5. The fourth-order valence-electron chi connectivity index (χ4n) is 3.76. The quantitative estimate of drug-likeness (QED) is 0.502. The van der Waals surface area contributed by atoms with Gasteiger partial charge in [0.15, 0.2) is 0 Å². The van der Waals surface area contributed by atoms with E-state index in [0.717, 1.165) is 0 Å². The molecule has 36 heavy (non-hydrogen) atoms. The molecule has 3 amide bonds. The number of nitrogens with zero attached hydrogens (tertiary/aromatic N) is 1. The van der Waals surface area contributed by atoms with Crippen molar-refractivity contribution < 1.29 is 33.4 Å². The number of methoxy groups -OCH3 is 1. The van der Waals surface area contributed by atoms with Crippen LogP contribution in [0.3, 0.4) is 0 Å². The van der Waals surface area contributed by atoms with Crippen molar-refractivity contribution in [2.45, 2.75) is 19.4 Å². The lowest BCUT2D eigenvalue weighted by molar-refractivity contribution is -0.148. The van der Waals surface area contributed by atoms with E-state index < -0.39 is 11.9 Å². The number of hydrogen-bond acceptors (Lipinski definition) is 7. The highest BCUT2D eigenvalue weighted by atomic mass is 16.5. The second-order valence-corrected chi connectivity index (χ2v) is 8.27. The predicted molar refractivity (Wildman–Crippen MR) is 129 cm³/mol. The molecular formula is C26H29N3O7. The van der Waals surface area contributed by atoms with Gasteiger partial charge in [-0.2, -0.15) is 0 Å². The van der Waals surface area contributed by atoms with Gasteiger partial charge in [0.05, 0.1) is 19.6 Å². The molecular weight excluding hydrogens is 466 g/mol. The number of piperidine rings is 1. The van der Waals surface area contributed by atoms with Crippen molar-refractivity contribution in [3.05, 3.63) is 71.3 Å². The first-order valence-electron chi connectivity index (χ1n) is 11.6. The molecule has 10 heteroatoms. The van der Waals surface area contributed by atoms with Crippen molar-refractivity contribution in [1.29, 1.82) is 0 Å². The molecule has 1 fully saturated rings. The second-order valence-electron chi connectivity index (χ2n) is 8.27. The van der Waals surface area contributed by atoms with E-state index in [9.17, 15) is 24.0 Å². The van der Waals surface area contributed by atoms with Gasteiger partial charge in [0, 0.05) is 24.2 Å². The highest BCUT2D eigenvalue weighted by molar-refractivity contribution is 5.97. The minimum atomic E-state index is -0.615. The van der Waals surface area contributed by atoms with Crippen LogP contribution in [0, 0.1) is 5.92 Å². The van der Waals surface area contributed by atoms with E-state index in [0.29, 0.717) is 42.6 Å². The highest BCUT2D eigenvalue weighted by Gasteiger charge is 2.27. The lowest BCUT2D eigenvalue weighted by atomic mass is 9.97. The SMILES string of the molecule is COC(=O)C1CCN(C(=O)CNC(=O)c2cccc(COC(=O)CNC(=O)c3ccccc3)c2)CC1. The number of esters is 2. The number of carbonyl (C=O) groups is 5. The number of hydrogen-bond donors (Lipinski definition) is 2. The van der Waals surface area contributed by atoms with Crippen molar-refractivity contribution in [3.8, 4) is 0 Å². The fraction of sp³-hybridized carbons (Fsp3) is 0.346. The summed E-state index contributed by atoms with van der Waals surface area (Å²) in [6.45, 7) is 0.340. The topological polar surface area (TPSA) is 131 Å². The van der Waals surface area contributed by atoms with Crippen molar-refractivity contribution in [2.75, 3.05) is 33.3 Å². The molecule has 190 valence electrons. The molecule has 0 saturated carbocycles. The monoisotopic (exact) mass is 495 g/mol. The van der Waals surface area contributed by atoms with Crippen molar-refractivity contribution in [2.24, 2.45) is 5.92 Å². The largest absolute Gasteiger partial charge is 0.469 e. The fourth-order valence-corrected chi connectivity index (χ4v) is 3.76. The highest BCUT2D eigenvalue weighted by Crippen LogP contribution is 2.18. The van der Waals surface area contributed by atoms with Crippen LogP contribution in [0.4, 0.5) is 0 Å². The molecule has 2 aromatic carbocycles. The summed E-state index contributed by atoms with van der Waals surface area (Å²) in [7, 11) is 1.35. The molecule has 0 aromatic heterocycles. The zero-order chi connectivity index (χ0) is 25.9. The minimum Gasteiger partial charge on any atom is -0.469 e. The summed E-state index contributed by atoms with van der Waals surface area (Å²) in [6.07, 6.45) is 1.06. The average molecular weight is 496 g/mol. The lowest BCUT2D eigenvalue weighted by Gasteiger charge is -2.30. The van der Waals surface area contributed by atoms with Gasteiger partial charge in [-0.05, 0) is 42.7 Å². The van der Waals surface area contributed by atoms with E-state index in [2.05, 4.69) is 10.6 Å². The van der Waals surface area contributed by atoms with Crippen LogP contribution in [0.15, 0.2) is 54.6 Å². The van der Waals surface area contributed by atoms with E-state index in [4.69, 9.17) is 9.47 Å². The van der Waals surface area contributed by atoms with Crippen LogP contribution < -0.4 is 10.6 Å². The minimum absolute atomic E-state index is 0.0742. The van der Waals surface area contributed by atoms with Crippen LogP contribution in [0.2, 0.25) is 0 Å². The van der Waals surface area contributed by atoms with E-state index in [-0.39, 0.29) is 43.4 Å². The summed E-state index contributed by atoms with van der Waals surface area (Å²) in [5.74, 6) is -2.13. The molecule has 2 aromatic rings. The molecule has 0 aliphatic carbocycles. The third kappa shape index (κ3) is 7.66. The van der Waals surface area contributed by atoms with Gasteiger partial charge in [0.2, 0.25) is 5.91 Å². The van der Waals surface area contributed by atoms with Crippen molar-refractivity contribution >= 4 is 29.7 Å². The van der Waals surface area contributed by atoms with Gasteiger partial charge in [-0.15, -0.1) is 0 Å². The Morgan fingerprint density at radius 2 is 1.50 bits per heavy atom. The molecule has 0 spiro atoms. The summed E-state index contributed by atoms with van der Waals surface area (Å²) in [6, 6.07) is 15.0. The predicted octanol–water partition coefficient (Wildman–Crippen LogP) is 1.30. The van der Waals surface area contributed by atoms with Crippen molar-refractivity contribution in [3.63, 3.8) is 0 Å². The van der Waals surface area contributed by atoms with Gasteiger partial charge in [-0.25, -0.2) is 0 Å². The molecule has 1 saturated heterocycles. The third-order valence-electron chi connectivity index (χ3n) is 5.80. The molecule has 0 radical (unpaired) electrons. The first-order chi connectivity index (χ1) is 17.4. The van der Waals surface area contributed by atoms with Crippen LogP contribution in [0.1, 0.15) is 39.1 Å². The average Bonchev–Trinajstić information content (AvgIpc) is 2.93. The van der Waals surface area contributed by atoms with Crippen molar-refractivity contribution in [1.82, 2.24) is 15.5 Å². The third-order valence-corrected chi connectivity index (χ3v) is 5.80. The number of benzene rings is 2. The van der Waals surface area contributed by atoms with Gasteiger partial charge >= 0.3 is 11.9 Å². The Morgan fingerprint density at radius 1 is 0.861 bits per heavy atom. The maximum atomic E-state index is 12.5. The normalized spacial score (nSPS) is 13.4. The summed E-state index contributed by atoms with van der Waals surface area (Å²) < 4.78 is 9.93. The lowest BCUT2D eigenvalue weighted by Crippen LogP contribution is -2.45. The van der Waals surface area contributed by atoms with E-state index >= 15 is 0 Å². The maximum absolute atomic E-state index is 12.5. The number of amides is 3. The Bertz CT molecular complexity index is 1100. The Morgan fingerprint density at radius 3 is 2.19 bits per heavy atom. The Labute approximate surface area is 208 Å². The summed E-state index contributed by atoms with van der Waals surface area (Å²) in [5.41, 5.74) is 1.34. The summed E-state index contributed by atoms with van der Waals surface area (Å²) >= 11 is 0. The molecule has 10 nitrogen and oxygen atoms in total. The van der Waals surface area contributed by atoms with Crippen LogP contribution in [0.25, 0.3) is 0 Å². The maximum Gasteiger partial charge on any atom is 0.325 e. The number of ether oxygens (including phenoxy) is 2. The molecule has 1 aliphatic rings. The second kappa shape index (κ2) is 13.0. The van der Waals surface area contributed by atoms with Gasteiger partial charge in [0.25, 0.3) is 11.8 Å². The number of rotatable bonds is 9. The van der Waals surface area contributed by atoms with Gasteiger partial charge in [0.1, 0.15) is 13.2 Å².